The third kappa shape index (κ3) is 1.73. The Morgan fingerprint density at radius 2 is 2.31 bits per heavy atom. The Morgan fingerprint density at radius 1 is 1.62 bits per heavy atom. The number of rotatable bonds is 1. The van der Waals surface area contributed by atoms with Gasteiger partial charge in [0.1, 0.15) is 11.4 Å². The maximum atomic E-state index is 13.5. The molecule has 0 spiro atoms. The van der Waals surface area contributed by atoms with Crippen molar-refractivity contribution in [3.63, 3.8) is 0 Å². The van der Waals surface area contributed by atoms with E-state index in [9.17, 15) is 9.18 Å². The van der Waals surface area contributed by atoms with E-state index in [4.69, 9.17) is 4.74 Å². The summed E-state index contributed by atoms with van der Waals surface area (Å²) >= 11 is 0. The van der Waals surface area contributed by atoms with Crippen LogP contribution < -0.4 is 4.74 Å². The van der Waals surface area contributed by atoms with Crippen LogP contribution in [0.15, 0.2) is 6.07 Å². The molecule has 0 atom stereocenters. The SMILES string of the molecule is COC(=O)c1nc2c(cc1F)OC(C)(C)C2. The molecule has 0 saturated carbocycles. The number of nitrogens with zero attached hydrogens (tertiary/aromatic N) is 1. The molecule has 4 nitrogen and oxygen atoms in total. The summed E-state index contributed by atoms with van der Waals surface area (Å²) < 4.78 is 23.4. The number of methoxy groups -OCH3 is 1. The second kappa shape index (κ2) is 3.43. The molecule has 1 aromatic heterocycles. The van der Waals surface area contributed by atoms with Crippen molar-refractivity contribution in [3.8, 4) is 5.75 Å². The first kappa shape index (κ1) is 10.9. The van der Waals surface area contributed by atoms with Crippen LogP contribution in [0.4, 0.5) is 4.39 Å². The molecule has 86 valence electrons. The average molecular weight is 225 g/mol. The number of carbonyl (C=O) groups is 1. The Labute approximate surface area is 92.4 Å². The van der Waals surface area contributed by atoms with E-state index in [1.165, 1.54) is 13.2 Å². The van der Waals surface area contributed by atoms with Crippen molar-refractivity contribution >= 4 is 5.97 Å². The molecule has 16 heavy (non-hydrogen) atoms. The van der Waals surface area contributed by atoms with Crippen molar-refractivity contribution in [1.29, 1.82) is 0 Å². The number of hydrogen-bond acceptors (Lipinski definition) is 4. The van der Waals surface area contributed by atoms with Crippen molar-refractivity contribution in [2.45, 2.75) is 25.9 Å². The molecule has 5 heteroatoms. The summed E-state index contributed by atoms with van der Waals surface area (Å²) in [5.41, 5.74) is -0.106. The summed E-state index contributed by atoms with van der Waals surface area (Å²) in [4.78, 5) is 15.2. The summed E-state index contributed by atoms with van der Waals surface area (Å²) in [5.74, 6) is -1.09. The van der Waals surface area contributed by atoms with E-state index < -0.39 is 17.4 Å². The van der Waals surface area contributed by atoms with E-state index >= 15 is 0 Å². The lowest BCUT2D eigenvalue weighted by molar-refractivity contribution is 0.0588. The molecule has 0 aliphatic carbocycles. The maximum absolute atomic E-state index is 13.5. The van der Waals surface area contributed by atoms with E-state index in [1.807, 2.05) is 13.8 Å². The van der Waals surface area contributed by atoms with Gasteiger partial charge in [0.25, 0.3) is 0 Å². The number of pyridine rings is 1. The van der Waals surface area contributed by atoms with Crippen molar-refractivity contribution < 1.29 is 18.7 Å². The standard InChI is InChI=1S/C11H12FNO3/c1-11(2)5-7-8(16-11)4-6(12)9(13-7)10(14)15-3/h4H,5H2,1-3H3. The second-order valence-corrected chi connectivity index (χ2v) is 4.29. The van der Waals surface area contributed by atoms with Crippen molar-refractivity contribution in [2.75, 3.05) is 7.11 Å². The molecule has 0 unspecified atom stereocenters. The third-order valence-electron chi connectivity index (χ3n) is 2.37. The predicted octanol–water partition coefficient (Wildman–Crippen LogP) is 1.72. The number of hydrogen-bond donors (Lipinski definition) is 0. The van der Waals surface area contributed by atoms with Gasteiger partial charge in [0.15, 0.2) is 11.5 Å². The van der Waals surface area contributed by atoms with Crippen LogP contribution in [0.3, 0.4) is 0 Å². The zero-order valence-corrected chi connectivity index (χ0v) is 9.33. The molecule has 1 aliphatic rings. The Bertz CT molecular complexity index is 457. The highest BCUT2D eigenvalue weighted by Crippen LogP contribution is 2.34. The molecular formula is C11H12FNO3. The number of esters is 1. The van der Waals surface area contributed by atoms with Crippen LogP contribution in [-0.2, 0) is 11.2 Å². The lowest BCUT2D eigenvalue weighted by Crippen LogP contribution is -2.24. The van der Waals surface area contributed by atoms with Gasteiger partial charge in [0.05, 0.1) is 12.8 Å². The fourth-order valence-corrected chi connectivity index (χ4v) is 1.70. The topological polar surface area (TPSA) is 48.4 Å². The molecule has 0 fully saturated rings. The number of aromatic nitrogens is 1. The highest BCUT2D eigenvalue weighted by Gasteiger charge is 2.33. The van der Waals surface area contributed by atoms with Crippen LogP contribution in [0.2, 0.25) is 0 Å². The zero-order chi connectivity index (χ0) is 11.9. The minimum absolute atomic E-state index is 0.289. The highest BCUT2D eigenvalue weighted by molar-refractivity contribution is 5.87. The summed E-state index contributed by atoms with van der Waals surface area (Å²) in [6.45, 7) is 3.76. The van der Waals surface area contributed by atoms with E-state index in [2.05, 4.69) is 9.72 Å². The zero-order valence-electron chi connectivity index (χ0n) is 9.33. The summed E-state index contributed by atoms with van der Waals surface area (Å²) in [6.07, 6.45) is 0.548. The van der Waals surface area contributed by atoms with Gasteiger partial charge in [-0.2, -0.15) is 0 Å². The fraction of sp³-hybridized carbons (Fsp3) is 0.455. The molecule has 0 aromatic carbocycles. The first-order valence-corrected chi connectivity index (χ1v) is 4.90. The van der Waals surface area contributed by atoms with Gasteiger partial charge in [-0.25, -0.2) is 14.2 Å². The lowest BCUT2D eigenvalue weighted by Gasteiger charge is -2.16. The Morgan fingerprint density at radius 3 is 2.94 bits per heavy atom. The summed E-state index contributed by atoms with van der Waals surface area (Å²) in [5, 5.41) is 0. The summed E-state index contributed by atoms with van der Waals surface area (Å²) in [6, 6.07) is 1.18. The molecule has 0 saturated heterocycles. The molecule has 0 N–H and O–H groups in total. The Balaban J connectivity index is 2.45. The molecular weight excluding hydrogens is 213 g/mol. The highest BCUT2D eigenvalue weighted by atomic mass is 19.1. The van der Waals surface area contributed by atoms with Gasteiger partial charge in [-0.1, -0.05) is 0 Å². The first-order valence-electron chi connectivity index (χ1n) is 4.90. The first-order chi connectivity index (χ1) is 7.43. The fourth-order valence-electron chi connectivity index (χ4n) is 1.70. The Kier molecular flexibility index (Phi) is 2.33. The maximum Gasteiger partial charge on any atom is 0.359 e. The molecule has 1 aromatic rings. The van der Waals surface area contributed by atoms with Gasteiger partial charge < -0.3 is 9.47 Å². The normalized spacial score (nSPS) is 16.5. The van der Waals surface area contributed by atoms with E-state index in [1.54, 1.807) is 0 Å². The van der Waals surface area contributed by atoms with Crippen molar-refractivity contribution in [3.05, 3.63) is 23.3 Å². The number of carbonyl (C=O) groups excluding carboxylic acids is 1. The van der Waals surface area contributed by atoms with Crippen LogP contribution >= 0.6 is 0 Å². The minimum atomic E-state index is -0.773. The van der Waals surface area contributed by atoms with Crippen molar-refractivity contribution in [1.82, 2.24) is 4.98 Å². The number of ether oxygens (including phenoxy) is 2. The second-order valence-electron chi connectivity index (χ2n) is 4.29. The van der Waals surface area contributed by atoms with Gasteiger partial charge >= 0.3 is 5.97 Å². The Hall–Kier alpha value is -1.65. The molecule has 1 aliphatic heterocycles. The molecule has 0 radical (unpaired) electrons. The van der Waals surface area contributed by atoms with Gasteiger partial charge in [0.2, 0.25) is 0 Å². The van der Waals surface area contributed by atoms with Gasteiger partial charge in [0, 0.05) is 12.5 Å². The van der Waals surface area contributed by atoms with E-state index in [0.29, 0.717) is 17.9 Å². The van der Waals surface area contributed by atoms with E-state index in [-0.39, 0.29) is 5.69 Å². The smallest absolute Gasteiger partial charge is 0.359 e. The van der Waals surface area contributed by atoms with Crippen LogP contribution in [0.1, 0.15) is 30.0 Å². The molecule has 2 rings (SSSR count). The van der Waals surface area contributed by atoms with Crippen LogP contribution in [-0.4, -0.2) is 23.7 Å². The quantitative estimate of drug-likeness (QED) is 0.683. The lowest BCUT2D eigenvalue weighted by atomic mass is 10.1. The van der Waals surface area contributed by atoms with Crippen molar-refractivity contribution in [2.24, 2.45) is 0 Å². The van der Waals surface area contributed by atoms with E-state index in [0.717, 1.165) is 0 Å². The van der Waals surface area contributed by atoms with Gasteiger partial charge in [-0.3, -0.25) is 0 Å². The largest absolute Gasteiger partial charge is 0.485 e. The molecule has 2 heterocycles. The number of fused-ring (bicyclic) bond motifs is 1. The van der Waals surface area contributed by atoms with Crippen LogP contribution in [0, 0.1) is 5.82 Å². The summed E-state index contributed by atoms with van der Waals surface area (Å²) in [7, 11) is 1.19. The third-order valence-corrected chi connectivity index (χ3v) is 2.37. The minimum Gasteiger partial charge on any atom is -0.485 e. The molecule has 0 amide bonds. The average Bonchev–Trinajstić information content (AvgIpc) is 2.48. The van der Waals surface area contributed by atoms with Crippen LogP contribution in [0.25, 0.3) is 0 Å². The number of halogens is 1. The van der Waals surface area contributed by atoms with Gasteiger partial charge in [-0.15, -0.1) is 0 Å². The monoisotopic (exact) mass is 225 g/mol. The van der Waals surface area contributed by atoms with Crippen LogP contribution in [0.5, 0.6) is 5.75 Å². The predicted molar refractivity (Wildman–Crippen MR) is 53.9 cm³/mol. The van der Waals surface area contributed by atoms with Gasteiger partial charge in [-0.05, 0) is 13.8 Å². The molecule has 0 bridgehead atoms.